The average Bonchev–Trinajstić information content (AvgIpc) is 2.17. The summed E-state index contributed by atoms with van der Waals surface area (Å²) < 4.78 is 0. The normalized spacial score (nSPS) is 20.2. The van der Waals surface area contributed by atoms with Gasteiger partial charge in [-0.05, 0) is 30.9 Å². The van der Waals surface area contributed by atoms with Gasteiger partial charge >= 0.3 is 0 Å². The smallest absolute Gasteiger partial charge is 0.0448 e. The Morgan fingerprint density at radius 3 is 3.15 bits per heavy atom. The highest BCUT2D eigenvalue weighted by Gasteiger charge is 2.14. The number of hydrogen-bond acceptors (Lipinski definition) is 1. The Morgan fingerprint density at radius 1 is 1.54 bits per heavy atom. The van der Waals surface area contributed by atoms with Gasteiger partial charge in [0.05, 0.1) is 0 Å². The van der Waals surface area contributed by atoms with Crippen LogP contribution in [0.3, 0.4) is 0 Å². The van der Waals surface area contributed by atoms with Crippen molar-refractivity contribution in [1.82, 2.24) is 0 Å². The number of anilines is 1. The molecule has 1 N–H and O–H groups in total. The van der Waals surface area contributed by atoms with Gasteiger partial charge in [0.25, 0.3) is 0 Å². The second kappa shape index (κ2) is 3.25. The monoisotopic (exact) mass is 173 g/mol. The Hall–Kier alpha value is -1.24. The van der Waals surface area contributed by atoms with Gasteiger partial charge in [-0.3, -0.25) is 0 Å². The number of benzene rings is 1. The summed E-state index contributed by atoms with van der Waals surface area (Å²) in [5, 5.41) is 3.51. The SMILES string of the molecule is C=Cc1cccc2c1N[C@@H](C)CC2. The lowest BCUT2D eigenvalue weighted by molar-refractivity contribution is 0.680. The molecule has 0 aromatic heterocycles. The zero-order valence-corrected chi connectivity index (χ0v) is 8.01. The first kappa shape index (κ1) is 8.36. The number of para-hydroxylation sites is 1. The largest absolute Gasteiger partial charge is 0.382 e. The summed E-state index contributed by atoms with van der Waals surface area (Å²) in [6, 6.07) is 7.00. The predicted molar refractivity (Wildman–Crippen MR) is 57.9 cm³/mol. The molecule has 0 amide bonds. The predicted octanol–water partition coefficient (Wildman–Crippen LogP) is 3.08. The molecule has 1 heterocycles. The van der Waals surface area contributed by atoms with Gasteiger partial charge in [0, 0.05) is 11.7 Å². The summed E-state index contributed by atoms with van der Waals surface area (Å²) in [6.07, 6.45) is 4.34. The first-order valence-corrected chi connectivity index (χ1v) is 4.82. The van der Waals surface area contributed by atoms with Gasteiger partial charge in [0.15, 0.2) is 0 Å². The van der Waals surface area contributed by atoms with E-state index in [9.17, 15) is 0 Å². The summed E-state index contributed by atoms with van der Waals surface area (Å²) in [6.45, 7) is 6.05. The molecular weight excluding hydrogens is 158 g/mol. The Labute approximate surface area is 79.5 Å². The first-order valence-electron chi connectivity index (χ1n) is 4.82. The van der Waals surface area contributed by atoms with E-state index in [1.807, 2.05) is 6.08 Å². The number of aryl methyl sites for hydroxylation is 1. The fourth-order valence-corrected chi connectivity index (χ4v) is 1.87. The van der Waals surface area contributed by atoms with Crippen molar-refractivity contribution in [3.05, 3.63) is 35.9 Å². The average molecular weight is 173 g/mol. The maximum Gasteiger partial charge on any atom is 0.0448 e. The van der Waals surface area contributed by atoms with Crippen molar-refractivity contribution < 1.29 is 0 Å². The third-order valence-electron chi connectivity index (χ3n) is 2.64. The van der Waals surface area contributed by atoms with Crippen LogP contribution in [0.15, 0.2) is 24.8 Å². The Kier molecular flexibility index (Phi) is 2.09. The van der Waals surface area contributed by atoms with E-state index >= 15 is 0 Å². The number of fused-ring (bicyclic) bond motifs is 1. The van der Waals surface area contributed by atoms with E-state index in [0.717, 1.165) is 0 Å². The van der Waals surface area contributed by atoms with E-state index in [0.29, 0.717) is 6.04 Å². The fraction of sp³-hybridized carbons (Fsp3) is 0.333. The molecular formula is C12H15N. The van der Waals surface area contributed by atoms with Gasteiger partial charge in [0.1, 0.15) is 0 Å². The molecule has 0 fully saturated rings. The lowest BCUT2D eigenvalue weighted by Crippen LogP contribution is -2.22. The minimum absolute atomic E-state index is 0.591. The second-order valence-electron chi connectivity index (χ2n) is 3.67. The van der Waals surface area contributed by atoms with Crippen LogP contribution in [0.4, 0.5) is 5.69 Å². The molecule has 0 radical (unpaired) electrons. The van der Waals surface area contributed by atoms with Crippen LogP contribution >= 0.6 is 0 Å². The molecule has 68 valence electrons. The molecule has 0 unspecified atom stereocenters. The molecule has 2 rings (SSSR count). The number of nitrogens with one attached hydrogen (secondary N) is 1. The quantitative estimate of drug-likeness (QED) is 0.688. The van der Waals surface area contributed by atoms with Crippen molar-refractivity contribution in [2.45, 2.75) is 25.8 Å². The molecule has 0 spiro atoms. The standard InChI is InChI=1S/C12H15N/c1-3-10-5-4-6-11-8-7-9(2)13-12(10)11/h3-6,9,13H,1,7-8H2,2H3/t9-/m0/s1. The third-order valence-corrected chi connectivity index (χ3v) is 2.64. The molecule has 1 aliphatic heterocycles. The zero-order chi connectivity index (χ0) is 9.26. The highest BCUT2D eigenvalue weighted by molar-refractivity contribution is 5.70. The first-order chi connectivity index (χ1) is 6.31. The maximum absolute atomic E-state index is 3.82. The van der Waals surface area contributed by atoms with Crippen molar-refractivity contribution >= 4 is 11.8 Å². The highest BCUT2D eigenvalue weighted by atomic mass is 14.9. The lowest BCUT2D eigenvalue weighted by Gasteiger charge is -2.25. The molecule has 1 nitrogen and oxygen atoms in total. The molecule has 1 aromatic carbocycles. The Bertz CT molecular complexity index is 328. The van der Waals surface area contributed by atoms with Crippen LogP contribution in [0.1, 0.15) is 24.5 Å². The minimum atomic E-state index is 0.591. The van der Waals surface area contributed by atoms with Crippen LogP contribution in [-0.2, 0) is 6.42 Å². The van der Waals surface area contributed by atoms with E-state index in [1.54, 1.807) is 0 Å². The van der Waals surface area contributed by atoms with Crippen molar-refractivity contribution in [3.8, 4) is 0 Å². The van der Waals surface area contributed by atoms with E-state index in [2.05, 4.69) is 37.0 Å². The van der Waals surface area contributed by atoms with Crippen molar-refractivity contribution in [1.29, 1.82) is 0 Å². The summed E-state index contributed by atoms with van der Waals surface area (Å²) in [5.41, 5.74) is 3.94. The number of hydrogen-bond donors (Lipinski definition) is 1. The van der Waals surface area contributed by atoms with Gasteiger partial charge in [-0.15, -0.1) is 0 Å². The maximum atomic E-state index is 3.82. The molecule has 1 aliphatic rings. The van der Waals surface area contributed by atoms with Crippen molar-refractivity contribution in [2.24, 2.45) is 0 Å². The van der Waals surface area contributed by atoms with Gasteiger partial charge < -0.3 is 5.32 Å². The van der Waals surface area contributed by atoms with Gasteiger partial charge in [0.2, 0.25) is 0 Å². The molecule has 13 heavy (non-hydrogen) atoms. The van der Waals surface area contributed by atoms with E-state index < -0.39 is 0 Å². The number of rotatable bonds is 1. The second-order valence-corrected chi connectivity index (χ2v) is 3.67. The highest BCUT2D eigenvalue weighted by Crippen LogP contribution is 2.28. The van der Waals surface area contributed by atoms with Crippen LogP contribution in [0, 0.1) is 0 Å². The van der Waals surface area contributed by atoms with Crippen LogP contribution in [-0.4, -0.2) is 6.04 Å². The molecule has 1 atom stereocenters. The van der Waals surface area contributed by atoms with E-state index in [-0.39, 0.29) is 0 Å². The van der Waals surface area contributed by atoms with Crippen molar-refractivity contribution in [2.75, 3.05) is 5.32 Å². The molecule has 1 heteroatoms. The van der Waals surface area contributed by atoms with Crippen LogP contribution < -0.4 is 5.32 Å². The van der Waals surface area contributed by atoms with Gasteiger partial charge in [-0.25, -0.2) is 0 Å². The zero-order valence-electron chi connectivity index (χ0n) is 8.01. The molecule has 0 saturated carbocycles. The van der Waals surface area contributed by atoms with Gasteiger partial charge in [-0.1, -0.05) is 30.9 Å². The van der Waals surface area contributed by atoms with Crippen molar-refractivity contribution in [3.63, 3.8) is 0 Å². The van der Waals surface area contributed by atoms with E-state index in [1.165, 1.54) is 29.7 Å². The molecule has 0 bridgehead atoms. The Morgan fingerprint density at radius 2 is 2.38 bits per heavy atom. The Balaban J connectivity index is 2.46. The summed E-state index contributed by atoms with van der Waals surface area (Å²) in [5.74, 6) is 0. The summed E-state index contributed by atoms with van der Waals surface area (Å²) >= 11 is 0. The summed E-state index contributed by atoms with van der Waals surface area (Å²) in [7, 11) is 0. The van der Waals surface area contributed by atoms with Gasteiger partial charge in [-0.2, -0.15) is 0 Å². The molecule has 1 aromatic rings. The van der Waals surface area contributed by atoms with E-state index in [4.69, 9.17) is 0 Å². The van der Waals surface area contributed by atoms with Crippen LogP contribution in [0.25, 0.3) is 6.08 Å². The summed E-state index contributed by atoms with van der Waals surface area (Å²) in [4.78, 5) is 0. The fourth-order valence-electron chi connectivity index (χ4n) is 1.87. The lowest BCUT2D eigenvalue weighted by atomic mass is 9.96. The topological polar surface area (TPSA) is 12.0 Å². The van der Waals surface area contributed by atoms with Crippen LogP contribution in [0.2, 0.25) is 0 Å². The molecule has 0 aliphatic carbocycles. The molecule has 0 saturated heterocycles. The van der Waals surface area contributed by atoms with Crippen LogP contribution in [0.5, 0.6) is 0 Å². The third kappa shape index (κ3) is 1.46. The minimum Gasteiger partial charge on any atom is -0.382 e.